The fourth-order valence-electron chi connectivity index (χ4n) is 1.27. The van der Waals surface area contributed by atoms with Crippen molar-refractivity contribution >= 4 is 5.69 Å². The molecule has 0 aromatic heterocycles. The smallest absolute Gasteiger partial charge is 0.148 e. The molecule has 3 nitrogen and oxygen atoms in total. The molecule has 1 aromatic rings. The van der Waals surface area contributed by atoms with E-state index < -0.39 is 0 Å². The van der Waals surface area contributed by atoms with Gasteiger partial charge in [0.1, 0.15) is 5.82 Å². The van der Waals surface area contributed by atoms with Gasteiger partial charge < -0.3 is 5.01 Å². The minimum Gasteiger partial charge on any atom is -0.307 e. The number of aryl methyl sites for hydroxylation is 1. The van der Waals surface area contributed by atoms with E-state index in [4.69, 9.17) is 11.1 Å². The van der Waals surface area contributed by atoms with Gasteiger partial charge in [0.25, 0.3) is 0 Å². The van der Waals surface area contributed by atoms with Crippen LogP contribution in [-0.2, 0) is 0 Å². The standard InChI is InChI=1S/C10H12FN3/c1-8-4-2-5-9(11)10(8)14(13)7-3-6-12/h2,4-5H,3,7,13H2,1H3. The summed E-state index contributed by atoms with van der Waals surface area (Å²) in [4.78, 5) is 0. The number of para-hydroxylation sites is 1. The van der Waals surface area contributed by atoms with E-state index in [1.807, 2.05) is 6.07 Å². The molecule has 74 valence electrons. The van der Waals surface area contributed by atoms with Gasteiger partial charge in [-0.05, 0) is 18.6 Å². The molecule has 0 amide bonds. The second kappa shape index (κ2) is 4.58. The van der Waals surface area contributed by atoms with E-state index in [2.05, 4.69) is 0 Å². The van der Waals surface area contributed by atoms with E-state index in [0.29, 0.717) is 12.2 Å². The van der Waals surface area contributed by atoms with Crippen molar-refractivity contribution in [1.82, 2.24) is 0 Å². The normalized spacial score (nSPS) is 9.57. The van der Waals surface area contributed by atoms with Crippen LogP contribution in [-0.4, -0.2) is 6.54 Å². The van der Waals surface area contributed by atoms with Gasteiger partial charge >= 0.3 is 0 Å². The third-order valence-corrected chi connectivity index (χ3v) is 1.94. The van der Waals surface area contributed by atoms with Crippen LogP contribution in [0.25, 0.3) is 0 Å². The molecule has 0 heterocycles. The summed E-state index contributed by atoms with van der Waals surface area (Å²) in [7, 11) is 0. The maximum absolute atomic E-state index is 13.3. The number of hydrogen-bond donors (Lipinski definition) is 1. The third kappa shape index (κ3) is 2.21. The third-order valence-electron chi connectivity index (χ3n) is 1.94. The maximum Gasteiger partial charge on any atom is 0.148 e. The van der Waals surface area contributed by atoms with Crippen LogP contribution in [0.4, 0.5) is 10.1 Å². The summed E-state index contributed by atoms with van der Waals surface area (Å²) in [5.74, 6) is 5.27. The van der Waals surface area contributed by atoms with Gasteiger partial charge in [-0.25, -0.2) is 10.2 Å². The Morgan fingerprint density at radius 2 is 2.29 bits per heavy atom. The van der Waals surface area contributed by atoms with Gasteiger partial charge in [0.05, 0.1) is 18.2 Å². The molecule has 0 radical (unpaired) electrons. The molecular formula is C10H12FN3. The van der Waals surface area contributed by atoms with Crippen LogP contribution in [0, 0.1) is 24.1 Å². The van der Waals surface area contributed by atoms with E-state index in [1.165, 1.54) is 11.1 Å². The summed E-state index contributed by atoms with van der Waals surface area (Å²) < 4.78 is 13.3. The summed E-state index contributed by atoms with van der Waals surface area (Å²) in [5, 5.41) is 9.65. The first-order chi connectivity index (χ1) is 6.66. The van der Waals surface area contributed by atoms with Gasteiger partial charge in [0.15, 0.2) is 0 Å². The van der Waals surface area contributed by atoms with E-state index in [-0.39, 0.29) is 12.2 Å². The summed E-state index contributed by atoms with van der Waals surface area (Å²) >= 11 is 0. The molecule has 0 aliphatic carbocycles. The number of anilines is 1. The molecule has 4 heteroatoms. The number of rotatable bonds is 3. The molecule has 0 atom stereocenters. The molecule has 0 aliphatic rings. The van der Waals surface area contributed by atoms with Crippen molar-refractivity contribution in [3.8, 4) is 6.07 Å². The van der Waals surface area contributed by atoms with E-state index in [0.717, 1.165) is 5.56 Å². The fourth-order valence-corrected chi connectivity index (χ4v) is 1.27. The van der Waals surface area contributed by atoms with Crippen LogP contribution in [0.1, 0.15) is 12.0 Å². The summed E-state index contributed by atoms with van der Waals surface area (Å²) in [6.45, 7) is 2.11. The lowest BCUT2D eigenvalue weighted by molar-refractivity contribution is 0.617. The second-order valence-corrected chi connectivity index (χ2v) is 3.01. The highest BCUT2D eigenvalue weighted by molar-refractivity contribution is 5.52. The van der Waals surface area contributed by atoms with Crippen LogP contribution in [0.3, 0.4) is 0 Å². The Hall–Kier alpha value is -1.60. The van der Waals surface area contributed by atoms with Crippen LogP contribution >= 0.6 is 0 Å². The molecular weight excluding hydrogens is 181 g/mol. The van der Waals surface area contributed by atoms with Crippen molar-refractivity contribution in [3.05, 3.63) is 29.6 Å². The first-order valence-corrected chi connectivity index (χ1v) is 4.31. The van der Waals surface area contributed by atoms with E-state index in [9.17, 15) is 4.39 Å². The molecule has 0 saturated heterocycles. The van der Waals surface area contributed by atoms with E-state index >= 15 is 0 Å². The molecule has 2 N–H and O–H groups in total. The molecule has 0 fully saturated rings. The summed E-state index contributed by atoms with van der Waals surface area (Å²) in [5.41, 5.74) is 1.13. The van der Waals surface area contributed by atoms with Gasteiger partial charge in [-0.15, -0.1) is 0 Å². The Bertz CT molecular complexity index is 337. The van der Waals surface area contributed by atoms with Crippen LogP contribution < -0.4 is 10.9 Å². The molecule has 0 saturated carbocycles. The number of hydrazine groups is 1. The average Bonchev–Trinajstić information content (AvgIpc) is 2.14. The number of halogens is 1. The number of benzene rings is 1. The highest BCUT2D eigenvalue weighted by Gasteiger charge is 2.09. The Morgan fingerprint density at radius 3 is 2.86 bits per heavy atom. The topological polar surface area (TPSA) is 53.0 Å². The minimum absolute atomic E-state index is 0.282. The SMILES string of the molecule is Cc1cccc(F)c1N(N)CCC#N. The summed E-state index contributed by atoms with van der Waals surface area (Å²) in [6.07, 6.45) is 0.282. The number of nitriles is 1. The minimum atomic E-state index is -0.356. The van der Waals surface area contributed by atoms with Crippen molar-refractivity contribution < 1.29 is 4.39 Å². The van der Waals surface area contributed by atoms with Gasteiger partial charge in [0.2, 0.25) is 0 Å². The molecule has 0 unspecified atom stereocenters. The van der Waals surface area contributed by atoms with Gasteiger partial charge in [-0.2, -0.15) is 5.26 Å². The van der Waals surface area contributed by atoms with Crippen molar-refractivity contribution in [2.75, 3.05) is 11.6 Å². The monoisotopic (exact) mass is 193 g/mol. The maximum atomic E-state index is 13.3. The summed E-state index contributed by atoms with van der Waals surface area (Å²) in [6, 6.07) is 6.73. The lowest BCUT2D eigenvalue weighted by Gasteiger charge is -2.19. The quantitative estimate of drug-likeness (QED) is 0.587. The van der Waals surface area contributed by atoms with Crippen molar-refractivity contribution in [1.29, 1.82) is 5.26 Å². The number of nitrogens with two attached hydrogens (primary N) is 1. The predicted octanol–water partition coefficient (Wildman–Crippen LogP) is 1.73. The average molecular weight is 193 g/mol. The molecule has 1 aromatic carbocycles. The van der Waals surface area contributed by atoms with Crippen LogP contribution in [0.15, 0.2) is 18.2 Å². The molecule has 14 heavy (non-hydrogen) atoms. The van der Waals surface area contributed by atoms with E-state index in [1.54, 1.807) is 19.1 Å². The predicted molar refractivity (Wildman–Crippen MR) is 52.9 cm³/mol. The van der Waals surface area contributed by atoms with Crippen molar-refractivity contribution in [3.63, 3.8) is 0 Å². The Morgan fingerprint density at radius 1 is 1.57 bits per heavy atom. The fraction of sp³-hybridized carbons (Fsp3) is 0.300. The van der Waals surface area contributed by atoms with Crippen LogP contribution in [0.2, 0.25) is 0 Å². The van der Waals surface area contributed by atoms with Gasteiger partial charge in [-0.3, -0.25) is 0 Å². The highest BCUT2D eigenvalue weighted by atomic mass is 19.1. The molecule has 0 bridgehead atoms. The first-order valence-electron chi connectivity index (χ1n) is 4.31. The Labute approximate surface area is 82.5 Å². The zero-order valence-electron chi connectivity index (χ0n) is 8.00. The number of hydrogen-bond acceptors (Lipinski definition) is 3. The van der Waals surface area contributed by atoms with Gasteiger partial charge in [0, 0.05) is 6.54 Å². The lowest BCUT2D eigenvalue weighted by atomic mass is 10.2. The first kappa shape index (κ1) is 10.5. The Balaban J connectivity index is 2.89. The molecule has 0 spiro atoms. The largest absolute Gasteiger partial charge is 0.307 e. The number of nitrogens with zero attached hydrogens (tertiary/aromatic N) is 2. The van der Waals surface area contributed by atoms with Crippen molar-refractivity contribution in [2.24, 2.45) is 5.84 Å². The lowest BCUT2D eigenvalue weighted by Crippen LogP contribution is -2.33. The van der Waals surface area contributed by atoms with Crippen molar-refractivity contribution in [2.45, 2.75) is 13.3 Å². The van der Waals surface area contributed by atoms with Crippen LogP contribution in [0.5, 0.6) is 0 Å². The molecule has 1 rings (SSSR count). The zero-order chi connectivity index (χ0) is 10.6. The second-order valence-electron chi connectivity index (χ2n) is 3.01. The zero-order valence-corrected chi connectivity index (χ0v) is 8.00. The Kier molecular flexibility index (Phi) is 3.43. The van der Waals surface area contributed by atoms with Gasteiger partial charge in [-0.1, -0.05) is 12.1 Å². The highest BCUT2D eigenvalue weighted by Crippen LogP contribution is 2.21. The molecule has 0 aliphatic heterocycles.